The number of rotatable bonds is 13. The Morgan fingerprint density at radius 2 is 1.42 bits per heavy atom. The summed E-state index contributed by atoms with van der Waals surface area (Å²) in [4.78, 5) is 50.5. The van der Waals surface area contributed by atoms with Crippen molar-refractivity contribution >= 4 is 23.8 Å². The zero-order chi connectivity index (χ0) is 28.1. The average molecular weight is 530 g/mol. The van der Waals surface area contributed by atoms with Gasteiger partial charge in [0.25, 0.3) is 5.91 Å². The molecule has 2 rings (SSSR count). The molecule has 0 aliphatic rings. The minimum absolute atomic E-state index is 0.0266. The van der Waals surface area contributed by atoms with Crippen LogP contribution in [0.5, 0.6) is 5.75 Å². The molecule has 4 amide bonds. The topological polar surface area (TPSA) is 192 Å². The first-order chi connectivity index (χ1) is 18.1. The number of aliphatic hydroxyl groups excluding tert-OH is 1. The highest BCUT2D eigenvalue weighted by Gasteiger charge is 2.30. The highest BCUT2D eigenvalue weighted by atomic mass is 16.5. The zero-order valence-electron chi connectivity index (χ0n) is 21.3. The molecule has 0 aromatic heterocycles. The first kappa shape index (κ1) is 30.1. The second-order valence-corrected chi connectivity index (χ2v) is 9.07. The molecule has 0 radical (unpaired) electrons. The van der Waals surface area contributed by atoms with Gasteiger partial charge in [-0.25, -0.2) is 10.6 Å². The van der Waals surface area contributed by atoms with Crippen molar-refractivity contribution in [2.24, 2.45) is 11.8 Å². The van der Waals surface area contributed by atoms with Crippen molar-refractivity contribution in [3.8, 4) is 5.75 Å². The van der Waals surface area contributed by atoms with Gasteiger partial charge in [-0.1, -0.05) is 56.3 Å². The molecule has 12 heteroatoms. The summed E-state index contributed by atoms with van der Waals surface area (Å²) in [6, 6.07) is 11.5. The highest BCUT2D eigenvalue weighted by Crippen LogP contribution is 2.12. The van der Waals surface area contributed by atoms with Crippen molar-refractivity contribution in [3.63, 3.8) is 0 Å². The van der Waals surface area contributed by atoms with Gasteiger partial charge >= 0.3 is 6.09 Å². The number of aromatic hydroxyl groups is 1. The lowest BCUT2D eigenvalue weighted by Crippen LogP contribution is -2.58. The fraction of sp³-hybridized carbons (Fsp3) is 0.385. The van der Waals surface area contributed by atoms with Gasteiger partial charge < -0.3 is 30.9 Å². The van der Waals surface area contributed by atoms with E-state index >= 15 is 0 Å². The molecule has 0 saturated carbocycles. The van der Waals surface area contributed by atoms with Gasteiger partial charge in [0.15, 0.2) is 0 Å². The summed E-state index contributed by atoms with van der Waals surface area (Å²) in [5.74, 6) is 3.20. The lowest BCUT2D eigenvalue weighted by Gasteiger charge is -2.25. The molecular weight excluding hydrogens is 494 g/mol. The Kier molecular flexibility index (Phi) is 12.0. The fourth-order valence-corrected chi connectivity index (χ4v) is 3.53. The zero-order valence-corrected chi connectivity index (χ0v) is 21.3. The summed E-state index contributed by atoms with van der Waals surface area (Å²) in [5, 5.41) is 26.6. The number of benzene rings is 2. The third-order valence-electron chi connectivity index (χ3n) is 5.50. The molecule has 0 saturated heterocycles. The molecule has 0 bridgehead atoms. The normalized spacial score (nSPS) is 13.1. The van der Waals surface area contributed by atoms with E-state index in [1.807, 2.05) is 25.3 Å². The van der Waals surface area contributed by atoms with Crippen LogP contribution in [0.15, 0.2) is 54.6 Å². The number of hydrazine groups is 1. The first-order valence-electron chi connectivity index (χ1n) is 12.1. The first-order valence-corrected chi connectivity index (χ1v) is 12.1. The molecule has 0 spiro atoms. The number of hydrogen-bond donors (Lipinski definition) is 7. The molecule has 38 heavy (non-hydrogen) atoms. The van der Waals surface area contributed by atoms with Crippen LogP contribution in [0.25, 0.3) is 0 Å². The van der Waals surface area contributed by atoms with Crippen LogP contribution < -0.4 is 27.2 Å². The molecule has 0 fully saturated rings. The standard InChI is InChI=1S/C26H35N5O7/c1-16(2)12-20(23(34)29-21(25(36)31-27)13-17-8-10-19(33)11-9-17)28-24(35)22(14-32)30-26(37)38-15-18-6-4-3-5-7-18/h3-11,16,20-22,32-33H,12-15,27H2,1-2H3,(H,28,35)(H,29,34)(H,30,37)(H,31,36)/t20-,21-,22+/m0/s1. The van der Waals surface area contributed by atoms with Crippen LogP contribution in [-0.4, -0.2) is 58.8 Å². The highest BCUT2D eigenvalue weighted by molar-refractivity contribution is 5.93. The maximum atomic E-state index is 13.1. The molecule has 12 nitrogen and oxygen atoms in total. The van der Waals surface area contributed by atoms with E-state index in [1.54, 1.807) is 36.4 Å². The minimum atomic E-state index is -1.37. The van der Waals surface area contributed by atoms with Gasteiger partial charge in [-0.15, -0.1) is 0 Å². The van der Waals surface area contributed by atoms with Crippen LogP contribution >= 0.6 is 0 Å². The second kappa shape index (κ2) is 15.2. The number of phenols is 1. The Morgan fingerprint density at radius 3 is 2.00 bits per heavy atom. The average Bonchev–Trinajstić information content (AvgIpc) is 2.90. The largest absolute Gasteiger partial charge is 0.508 e. The molecule has 2 aromatic carbocycles. The number of carbonyl (C=O) groups excluding carboxylic acids is 4. The summed E-state index contributed by atoms with van der Waals surface area (Å²) in [5.41, 5.74) is 3.40. The van der Waals surface area contributed by atoms with Crippen molar-refractivity contribution in [1.82, 2.24) is 21.4 Å². The van der Waals surface area contributed by atoms with Crippen LogP contribution in [-0.2, 0) is 32.1 Å². The smallest absolute Gasteiger partial charge is 0.408 e. The molecule has 3 atom stereocenters. The number of amides is 4. The molecule has 0 aliphatic heterocycles. The maximum Gasteiger partial charge on any atom is 0.408 e. The van der Waals surface area contributed by atoms with E-state index in [0.717, 1.165) is 5.56 Å². The number of hydrogen-bond acceptors (Lipinski definition) is 8. The van der Waals surface area contributed by atoms with E-state index in [9.17, 15) is 29.4 Å². The number of nitrogens with one attached hydrogen (secondary N) is 4. The number of ether oxygens (including phenoxy) is 1. The number of nitrogens with two attached hydrogens (primary N) is 1. The predicted molar refractivity (Wildman–Crippen MR) is 138 cm³/mol. The second-order valence-electron chi connectivity index (χ2n) is 9.07. The van der Waals surface area contributed by atoms with E-state index < -0.39 is 48.5 Å². The number of phenolic OH excluding ortho intramolecular Hbond substituents is 1. The minimum Gasteiger partial charge on any atom is -0.508 e. The molecule has 0 heterocycles. The van der Waals surface area contributed by atoms with E-state index in [2.05, 4.69) is 16.0 Å². The summed E-state index contributed by atoms with van der Waals surface area (Å²) >= 11 is 0. The van der Waals surface area contributed by atoms with Crippen LogP contribution in [0.1, 0.15) is 31.4 Å². The van der Waals surface area contributed by atoms with Gasteiger partial charge in [0.2, 0.25) is 11.8 Å². The van der Waals surface area contributed by atoms with Gasteiger partial charge in [0, 0.05) is 6.42 Å². The monoisotopic (exact) mass is 529 g/mol. The summed E-state index contributed by atoms with van der Waals surface area (Å²) in [7, 11) is 0. The molecule has 2 aromatic rings. The van der Waals surface area contributed by atoms with Crippen molar-refractivity contribution in [1.29, 1.82) is 0 Å². The Bertz CT molecular complexity index is 1060. The predicted octanol–water partition coefficient (Wildman–Crippen LogP) is 0.228. The number of aliphatic hydroxyl groups is 1. The van der Waals surface area contributed by atoms with E-state index in [-0.39, 0.29) is 31.1 Å². The Balaban J connectivity index is 2.04. The van der Waals surface area contributed by atoms with Crippen molar-refractivity contribution in [2.45, 2.75) is 51.4 Å². The van der Waals surface area contributed by atoms with Gasteiger partial charge in [-0.05, 0) is 35.6 Å². The summed E-state index contributed by atoms with van der Waals surface area (Å²) in [6.07, 6.45) is -0.628. The Labute approximate surface area is 220 Å². The van der Waals surface area contributed by atoms with Gasteiger partial charge in [-0.2, -0.15) is 0 Å². The molecule has 8 N–H and O–H groups in total. The molecular formula is C26H35N5O7. The van der Waals surface area contributed by atoms with Crippen LogP contribution in [0.3, 0.4) is 0 Å². The SMILES string of the molecule is CC(C)C[C@H](NC(=O)[C@@H](CO)NC(=O)OCc1ccccc1)C(=O)N[C@@H](Cc1ccc(O)cc1)C(=O)NN. The van der Waals surface area contributed by atoms with E-state index in [4.69, 9.17) is 10.6 Å². The van der Waals surface area contributed by atoms with Crippen molar-refractivity contribution in [2.75, 3.05) is 6.61 Å². The maximum absolute atomic E-state index is 13.1. The third kappa shape index (κ3) is 10.1. The van der Waals surface area contributed by atoms with Crippen LogP contribution in [0, 0.1) is 5.92 Å². The van der Waals surface area contributed by atoms with Gasteiger partial charge in [-0.3, -0.25) is 19.8 Å². The quantitative estimate of drug-likeness (QED) is 0.109. The van der Waals surface area contributed by atoms with Crippen molar-refractivity contribution in [3.05, 3.63) is 65.7 Å². The van der Waals surface area contributed by atoms with E-state index in [0.29, 0.717) is 5.56 Å². The summed E-state index contributed by atoms with van der Waals surface area (Å²) < 4.78 is 5.09. The Hall–Kier alpha value is -4.16. The fourth-order valence-electron chi connectivity index (χ4n) is 3.53. The lowest BCUT2D eigenvalue weighted by atomic mass is 10.0. The molecule has 0 aliphatic carbocycles. The summed E-state index contributed by atoms with van der Waals surface area (Å²) in [6.45, 7) is 2.92. The Morgan fingerprint density at radius 1 is 0.816 bits per heavy atom. The number of carbonyl (C=O) groups is 4. The molecule has 206 valence electrons. The lowest BCUT2D eigenvalue weighted by molar-refractivity contribution is -0.133. The van der Waals surface area contributed by atoms with Crippen LogP contribution in [0.4, 0.5) is 4.79 Å². The molecule has 0 unspecified atom stereocenters. The van der Waals surface area contributed by atoms with Crippen LogP contribution in [0.2, 0.25) is 0 Å². The third-order valence-corrected chi connectivity index (χ3v) is 5.50. The van der Waals surface area contributed by atoms with Gasteiger partial charge in [0.05, 0.1) is 6.61 Å². The number of alkyl carbamates (subject to hydrolysis) is 1. The van der Waals surface area contributed by atoms with Gasteiger partial charge in [0.1, 0.15) is 30.5 Å². The van der Waals surface area contributed by atoms with Crippen molar-refractivity contribution < 1.29 is 34.1 Å². The van der Waals surface area contributed by atoms with E-state index in [1.165, 1.54) is 12.1 Å².